The molecular formula is C44H47O17P. The SMILES string of the molecule is COc1cc(C2c3cc4c(cc3C(OC3O[C@@H]5COC(C)OC5C(O)C3O)[C@H]3COC(=O)[C@H]23)OCO4)cc(OC)c1OCOP(=O)(OCc1ccccc1)OCc1ccccc1. The molecule has 0 radical (unpaired) electrons. The number of carbonyl (C=O) groups is 1. The van der Waals surface area contributed by atoms with E-state index in [-0.39, 0.29) is 50.5 Å². The number of phosphoric acid groups is 1. The minimum Gasteiger partial charge on any atom is -0.493 e. The largest absolute Gasteiger partial charge is 0.493 e. The third-order valence-electron chi connectivity index (χ3n) is 11.6. The molecule has 10 atom stereocenters. The van der Waals surface area contributed by atoms with Gasteiger partial charge in [-0.25, -0.2) is 9.09 Å². The number of aliphatic hydroxyl groups excluding tert-OH is 2. The van der Waals surface area contributed by atoms with E-state index < -0.39 is 81.4 Å². The van der Waals surface area contributed by atoms with E-state index >= 15 is 0 Å². The van der Waals surface area contributed by atoms with Crippen LogP contribution >= 0.6 is 7.82 Å². The second-order valence-electron chi connectivity index (χ2n) is 15.3. The van der Waals surface area contributed by atoms with Crippen molar-refractivity contribution in [2.75, 3.05) is 41.0 Å². The summed E-state index contributed by atoms with van der Waals surface area (Å²) >= 11 is 0. The van der Waals surface area contributed by atoms with E-state index in [0.717, 1.165) is 11.1 Å². The second kappa shape index (κ2) is 18.1. The first-order valence-corrected chi connectivity index (χ1v) is 21.6. The van der Waals surface area contributed by atoms with Crippen molar-refractivity contribution >= 4 is 13.8 Å². The monoisotopic (exact) mass is 878 g/mol. The van der Waals surface area contributed by atoms with Gasteiger partial charge in [-0.2, -0.15) is 0 Å². The number of cyclic esters (lactones) is 1. The number of benzene rings is 4. The molecule has 62 heavy (non-hydrogen) atoms. The Kier molecular flexibility index (Phi) is 12.4. The summed E-state index contributed by atoms with van der Waals surface area (Å²) in [4.78, 5) is 13.9. The fraction of sp³-hybridized carbons (Fsp3) is 0.432. The molecule has 4 aliphatic heterocycles. The van der Waals surface area contributed by atoms with Crippen LogP contribution in [0, 0.1) is 11.8 Å². The van der Waals surface area contributed by atoms with E-state index in [0.29, 0.717) is 28.2 Å². The van der Waals surface area contributed by atoms with E-state index in [4.69, 9.17) is 60.9 Å². The van der Waals surface area contributed by atoms with Crippen LogP contribution in [0.2, 0.25) is 0 Å². The van der Waals surface area contributed by atoms with Gasteiger partial charge in [-0.3, -0.25) is 13.8 Å². The molecule has 17 nitrogen and oxygen atoms in total. The number of phosphoric ester groups is 1. The summed E-state index contributed by atoms with van der Waals surface area (Å²) in [7, 11) is -1.31. The van der Waals surface area contributed by atoms with Crippen molar-refractivity contribution in [3.05, 3.63) is 113 Å². The Hall–Kier alpha value is -4.78. The summed E-state index contributed by atoms with van der Waals surface area (Å²) in [6.45, 7) is 1.11. The van der Waals surface area contributed by atoms with Gasteiger partial charge in [0.15, 0.2) is 35.6 Å². The van der Waals surface area contributed by atoms with Crippen LogP contribution < -0.4 is 23.7 Å². The lowest BCUT2D eigenvalue weighted by Gasteiger charge is -2.47. The van der Waals surface area contributed by atoms with Gasteiger partial charge in [-0.15, -0.1) is 0 Å². The molecule has 7 unspecified atom stereocenters. The lowest BCUT2D eigenvalue weighted by molar-refractivity contribution is -0.364. The van der Waals surface area contributed by atoms with Crippen molar-refractivity contribution in [2.45, 2.75) is 69.2 Å². The molecule has 1 aliphatic carbocycles. The van der Waals surface area contributed by atoms with Crippen molar-refractivity contribution in [3.8, 4) is 28.7 Å². The third kappa shape index (κ3) is 8.50. The van der Waals surface area contributed by atoms with E-state index in [9.17, 15) is 19.6 Å². The van der Waals surface area contributed by atoms with Gasteiger partial charge in [0.2, 0.25) is 19.3 Å². The summed E-state index contributed by atoms with van der Waals surface area (Å²) < 4.78 is 90.4. The zero-order valence-corrected chi connectivity index (χ0v) is 35.0. The molecular weight excluding hydrogens is 831 g/mol. The summed E-state index contributed by atoms with van der Waals surface area (Å²) in [5.74, 6) is -1.08. The molecule has 4 aromatic rings. The number of fused-ring (bicyclic) bond motifs is 4. The highest BCUT2D eigenvalue weighted by Gasteiger charge is 2.56. The highest BCUT2D eigenvalue weighted by atomic mass is 31.2. The van der Waals surface area contributed by atoms with Crippen LogP contribution in [0.25, 0.3) is 0 Å². The number of hydrogen-bond donors (Lipinski definition) is 2. The number of esters is 1. The van der Waals surface area contributed by atoms with E-state index in [1.165, 1.54) is 14.2 Å². The number of rotatable bonds is 15. The van der Waals surface area contributed by atoms with Gasteiger partial charge in [0, 0.05) is 11.8 Å². The third-order valence-corrected chi connectivity index (χ3v) is 12.9. The van der Waals surface area contributed by atoms with E-state index in [1.807, 2.05) is 60.7 Å². The standard InChI is InChI=1S/C44H47O17P/c1-24-51-21-35-42(59-24)38(45)39(46)44(60-35)61-40-29-17-32-31(53-22-54-32)16-28(29)36(37-30(40)20-52-43(37)47)27-14-33(49-2)41(34(15-27)50-3)55-23-58-62(48,56-18-25-10-6-4-7-11-25)57-19-26-12-8-5-9-13-26/h4-17,24,30,35-40,42,44-46H,18-23H2,1-3H3/t24?,30-,35+,36?,37-,38?,39?,40?,42?,44?/m0/s1. The normalized spacial score (nSPS) is 28.6. The fourth-order valence-electron chi connectivity index (χ4n) is 8.58. The molecule has 0 amide bonds. The Balaban J connectivity index is 1.00. The van der Waals surface area contributed by atoms with Crippen molar-refractivity contribution in [3.63, 3.8) is 0 Å². The zero-order chi connectivity index (χ0) is 43.0. The maximum Gasteiger partial charge on any atom is 0.478 e. The maximum absolute atomic E-state index is 14.0. The molecule has 5 aliphatic rings. The van der Waals surface area contributed by atoms with Crippen LogP contribution in [-0.4, -0.2) is 94.2 Å². The van der Waals surface area contributed by atoms with Crippen molar-refractivity contribution in [2.24, 2.45) is 11.8 Å². The summed E-state index contributed by atoms with van der Waals surface area (Å²) in [5.41, 5.74) is 3.39. The molecule has 9 rings (SSSR count). The zero-order valence-electron chi connectivity index (χ0n) is 34.1. The molecule has 4 aromatic carbocycles. The number of aliphatic hydroxyl groups is 2. The smallest absolute Gasteiger partial charge is 0.478 e. The molecule has 0 aromatic heterocycles. The van der Waals surface area contributed by atoms with Crippen LogP contribution in [0.4, 0.5) is 0 Å². The van der Waals surface area contributed by atoms with Crippen LogP contribution in [-0.2, 0) is 59.8 Å². The molecule has 0 bridgehead atoms. The predicted octanol–water partition coefficient (Wildman–Crippen LogP) is 5.53. The minimum atomic E-state index is -4.21. The van der Waals surface area contributed by atoms with Crippen LogP contribution in [0.5, 0.6) is 28.7 Å². The molecule has 330 valence electrons. The van der Waals surface area contributed by atoms with Gasteiger partial charge in [-0.1, -0.05) is 60.7 Å². The lowest BCUT2D eigenvalue weighted by atomic mass is 9.66. The average Bonchev–Trinajstić information content (AvgIpc) is 3.93. The highest BCUT2D eigenvalue weighted by molar-refractivity contribution is 7.48. The topological polar surface area (TPSA) is 195 Å². The quantitative estimate of drug-likeness (QED) is 0.0859. The Morgan fingerprint density at radius 3 is 2.02 bits per heavy atom. The van der Waals surface area contributed by atoms with E-state index in [2.05, 4.69) is 0 Å². The molecule has 18 heteroatoms. The molecule has 4 heterocycles. The summed E-state index contributed by atoms with van der Waals surface area (Å²) in [6, 6.07) is 25.4. The molecule has 3 saturated heterocycles. The highest BCUT2D eigenvalue weighted by Crippen LogP contribution is 2.57. The van der Waals surface area contributed by atoms with Crippen molar-refractivity contribution in [1.82, 2.24) is 0 Å². The Morgan fingerprint density at radius 2 is 1.39 bits per heavy atom. The molecule has 0 spiro atoms. The van der Waals surface area contributed by atoms with Crippen molar-refractivity contribution < 1.29 is 80.5 Å². The van der Waals surface area contributed by atoms with Gasteiger partial charge in [-0.05, 0) is 59.0 Å². The van der Waals surface area contributed by atoms with Crippen LogP contribution in [0.3, 0.4) is 0 Å². The first-order chi connectivity index (χ1) is 30.1. The van der Waals surface area contributed by atoms with Crippen LogP contribution in [0.1, 0.15) is 46.8 Å². The summed E-state index contributed by atoms with van der Waals surface area (Å²) in [6.07, 6.45) is -7.15. The fourth-order valence-corrected chi connectivity index (χ4v) is 9.60. The number of ether oxygens (including phenoxy) is 10. The first kappa shape index (κ1) is 42.5. The average molecular weight is 879 g/mol. The molecule has 3 fully saturated rings. The molecule has 2 N–H and O–H groups in total. The minimum absolute atomic E-state index is 0.00868. The first-order valence-electron chi connectivity index (χ1n) is 20.2. The number of hydrogen-bond acceptors (Lipinski definition) is 17. The second-order valence-corrected chi connectivity index (χ2v) is 17.0. The lowest BCUT2D eigenvalue weighted by Crippen LogP contribution is -2.63. The number of methoxy groups -OCH3 is 2. The summed E-state index contributed by atoms with van der Waals surface area (Å²) in [5, 5.41) is 22.4. The number of carbonyl (C=O) groups excluding carboxylic acids is 1. The van der Waals surface area contributed by atoms with Gasteiger partial charge < -0.3 is 57.6 Å². The maximum atomic E-state index is 14.0. The van der Waals surface area contributed by atoms with Gasteiger partial charge in [0.25, 0.3) is 0 Å². The van der Waals surface area contributed by atoms with Gasteiger partial charge in [0.1, 0.15) is 24.4 Å². The Bertz CT molecular complexity index is 2190. The predicted molar refractivity (Wildman–Crippen MR) is 213 cm³/mol. The van der Waals surface area contributed by atoms with Crippen molar-refractivity contribution in [1.29, 1.82) is 0 Å². The Labute approximate surface area is 357 Å². The van der Waals surface area contributed by atoms with Gasteiger partial charge >= 0.3 is 13.8 Å². The van der Waals surface area contributed by atoms with Gasteiger partial charge in [0.05, 0.1) is 52.7 Å². The van der Waals surface area contributed by atoms with Crippen LogP contribution in [0.15, 0.2) is 84.9 Å². The Morgan fingerprint density at radius 1 is 0.758 bits per heavy atom. The van der Waals surface area contributed by atoms with E-state index in [1.54, 1.807) is 31.2 Å². The molecule has 0 saturated carbocycles.